The Hall–Kier alpha value is -1.06. The average Bonchev–Trinajstić information content (AvgIpc) is 2.46. The van der Waals surface area contributed by atoms with Crippen LogP contribution in [-0.4, -0.2) is 38.4 Å². The molecule has 0 spiro atoms. The Balaban J connectivity index is 1.93. The third-order valence-electron chi connectivity index (χ3n) is 3.31. The monoisotopic (exact) mass is 264 g/mol. The number of hydrogen-bond acceptors (Lipinski definition) is 3. The summed E-state index contributed by atoms with van der Waals surface area (Å²) in [7, 11) is 2.14. The molecule has 0 aliphatic rings. The van der Waals surface area contributed by atoms with Crippen LogP contribution in [0.25, 0.3) is 0 Å². The van der Waals surface area contributed by atoms with Crippen molar-refractivity contribution < 1.29 is 5.11 Å². The van der Waals surface area contributed by atoms with Crippen molar-refractivity contribution in [3.05, 3.63) is 30.3 Å². The quantitative estimate of drug-likeness (QED) is 0.603. The van der Waals surface area contributed by atoms with E-state index in [0.717, 1.165) is 32.5 Å². The van der Waals surface area contributed by atoms with Gasteiger partial charge in [0, 0.05) is 25.9 Å². The molecule has 1 aromatic rings. The summed E-state index contributed by atoms with van der Waals surface area (Å²) in [6.07, 6.45) is 5.70. The predicted octanol–water partition coefficient (Wildman–Crippen LogP) is 2.66. The van der Waals surface area contributed by atoms with E-state index in [9.17, 15) is 0 Å². The van der Waals surface area contributed by atoms with Crippen molar-refractivity contribution >= 4 is 5.69 Å². The predicted molar refractivity (Wildman–Crippen MR) is 82.8 cm³/mol. The lowest BCUT2D eigenvalue weighted by Crippen LogP contribution is -2.24. The number of unbranched alkanes of at least 4 members (excludes halogenated alkanes) is 3. The first kappa shape index (κ1) is 16.0. The number of nitrogens with zero attached hydrogens (tertiary/aromatic N) is 1. The summed E-state index contributed by atoms with van der Waals surface area (Å²) < 4.78 is 0. The second-order valence-electron chi connectivity index (χ2n) is 5.00. The highest BCUT2D eigenvalue weighted by molar-refractivity contribution is 5.44. The van der Waals surface area contributed by atoms with Gasteiger partial charge in [0.15, 0.2) is 0 Å². The van der Waals surface area contributed by atoms with Crippen molar-refractivity contribution in [1.29, 1.82) is 0 Å². The molecule has 19 heavy (non-hydrogen) atoms. The summed E-state index contributed by atoms with van der Waals surface area (Å²) in [5.41, 5.74) is 1.28. The van der Waals surface area contributed by atoms with Crippen LogP contribution < -0.4 is 10.2 Å². The molecule has 0 bridgehead atoms. The molecular formula is C16H28N2O. The molecule has 2 N–H and O–H groups in total. The van der Waals surface area contributed by atoms with Crippen molar-refractivity contribution in [1.82, 2.24) is 5.32 Å². The van der Waals surface area contributed by atoms with Crippen molar-refractivity contribution in [3.8, 4) is 0 Å². The average molecular weight is 264 g/mol. The van der Waals surface area contributed by atoms with Crippen LogP contribution in [0.1, 0.15) is 32.1 Å². The van der Waals surface area contributed by atoms with Crippen LogP contribution in [0.15, 0.2) is 30.3 Å². The molecule has 1 rings (SSSR count). The van der Waals surface area contributed by atoms with E-state index in [0.29, 0.717) is 6.61 Å². The van der Waals surface area contributed by atoms with Gasteiger partial charge in [-0.15, -0.1) is 0 Å². The molecule has 0 saturated carbocycles. The van der Waals surface area contributed by atoms with E-state index >= 15 is 0 Å². The van der Waals surface area contributed by atoms with Gasteiger partial charge in [0.25, 0.3) is 0 Å². The molecule has 0 fully saturated rings. The molecule has 108 valence electrons. The molecule has 0 aromatic heterocycles. The van der Waals surface area contributed by atoms with Crippen LogP contribution in [0, 0.1) is 0 Å². The zero-order valence-electron chi connectivity index (χ0n) is 12.1. The van der Waals surface area contributed by atoms with E-state index in [4.69, 9.17) is 5.11 Å². The fourth-order valence-electron chi connectivity index (χ4n) is 2.09. The SMILES string of the molecule is CN(CCCNCCCCCCO)c1ccccc1. The van der Waals surface area contributed by atoms with Crippen LogP contribution in [0.5, 0.6) is 0 Å². The summed E-state index contributed by atoms with van der Waals surface area (Å²) >= 11 is 0. The van der Waals surface area contributed by atoms with Gasteiger partial charge in [-0.25, -0.2) is 0 Å². The minimum atomic E-state index is 0.333. The molecular weight excluding hydrogens is 236 g/mol. The largest absolute Gasteiger partial charge is 0.396 e. The van der Waals surface area contributed by atoms with Crippen molar-refractivity contribution in [2.75, 3.05) is 38.2 Å². The third kappa shape index (κ3) is 7.85. The van der Waals surface area contributed by atoms with Crippen LogP contribution in [0.3, 0.4) is 0 Å². The molecule has 0 radical (unpaired) electrons. The minimum absolute atomic E-state index is 0.333. The summed E-state index contributed by atoms with van der Waals surface area (Å²) in [5.74, 6) is 0. The van der Waals surface area contributed by atoms with Gasteiger partial charge in [0.05, 0.1) is 0 Å². The first-order valence-electron chi connectivity index (χ1n) is 7.42. The third-order valence-corrected chi connectivity index (χ3v) is 3.31. The standard InChI is InChI=1S/C16H28N2O/c1-18(16-10-5-4-6-11-16)14-9-13-17-12-7-2-3-8-15-19/h4-6,10-11,17,19H,2-3,7-9,12-15H2,1H3. The summed E-state index contributed by atoms with van der Waals surface area (Å²) in [6.45, 7) is 3.60. The first-order valence-corrected chi connectivity index (χ1v) is 7.42. The smallest absolute Gasteiger partial charge is 0.0431 e. The number of aliphatic hydroxyl groups excluding tert-OH is 1. The normalized spacial score (nSPS) is 10.6. The number of benzene rings is 1. The number of aliphatic hydroxyl groups is 1. The van der Waals surface area contributed by atoms with E-state index in [1.807, 2.05) is 0 Å². The molecule has 0 heterocycles. The maximum absolute atomic E-state index is 8.66. The van der Waals surface area contributed by atoms with Gasteiger partial charge in [0.1, 0.15) is 0 Å². The van der Waals surface area contributed by atoms with Crippen molar-refractivity contribution in [2.45, 2.75) is 32.1 Å². The van der Waals surface area contributed by atoms with Gasteiger partial charge in [-0.3, -0.25) is 0 Å². The Morgan fingerprint density at radius 2 is 1.63 bits per heavy atom. The Morgan fingerprint density at radius 1 is 0.947 bits per heavy atom. The zero-order valence-corrected chi connectivity index (χ0v) is 12.1. The van der Waals surface area contributed by atoms with E-state index in [-0.39, 0.29) is 0 Å². The van der Waals surface area contributed by atoms with Gasteiger partial charge in [-0.2, -0.15) is 0 Å². The summed E-state index contributed by atoms with van der Waals surface area (Å²) in [6, 6.07) is 10.5. The number of nitrogens with one attached hydrogen (secondary N) is 1. The molecule has 0 atom stereocenters. The molecule has 1 aromatic carbocycles. The minimum Gasteiger partial charge on any atom is -0.396 e. The molecule has 3 nitrogen and oxygen atoms in total. The van der Waals surface area contributed by atoms with Gasteiger partial charge < -0.3 is 15.3 Å². The number of anilines is 1. The fourth-order valence-corrected chi connectivity index (χ4v) is 2.09. The zero-order chi connectivity index (χ0) is 13.8. The molecule has 0 amide bonds. The fraction of sp³-hybridized carbons (Fsp3) is 0.625. The molecule has 3 heteroatoms. The van der Waals surface area contributed by atoms with Gasteiger partial charge in [-0.05, 0) is 44.5 Å². The highest BCUT2D eigenvalue weighted by Crippen LogP contribution is 2.10. The highest BCUT2D eigenvalue weighted by Gasteiger charge is 1.98. The van der Waals surface area contributed by atoms with E-state index in [1.165, 1.54) is 24.9 Å². The number of hydrogen-bond donors (Lipinski definition) is 2. The van der Waals surface area contributed by atoms with Crippen LogP contribution in [0.2, 0.25) is 0 Å². The molecule has 0 unspecified atom stereocenters. The number of rotatable bonds is 11. The van der Waals surface area contributed by atoms with Crippen LogP contribution in [-0.2, 0) is 0 Å². The molecule has 0 aliphatic heterocycles. The summed E-state index contributed by atoms with van der Waals surface area (Å²) in [5, 5.41) is 12.1. The van der Waals surface area contributed by atoms with Gasteiger partial charge >= 0.3 is 0 Å². The maximum Gasteiger partial charge on any atom is 0.0431 e. The second kappa shape index (κ2) is 10.8. The lowest BCUT2D eigenvalue weighted by Gasteiger charge is -2.19. The Labute approximate surface area is 117 Å². The molecule has 0 saturated heterocycles. The Kier molecular flexibility index (Phi) is 9.11. The number of para-hydroxylation sites is 1. The van der Waals surface area contributed by atoms with Gasteiger partial charge in [0.2, 0.25) is 0 Å². The highest BCUT2D eigenvalue weighted by atomic mass is 16.2. The van der Waals surface area contributed by atoms with Crippen LogP contribution >= 0.6 is 0 Å². The topological polar surface area (TPSA) is 35.5 Å². The second-order valence-corrected chi connectivity index (χ2v) is 5.00. The lowest BCUT2D eigenvalue weighted by molar-refractivity contribution is 0.282. The van der Waals surface area contributed by atoms with E-state index < -0.39 is 0 Å². The maximum atomic E-state index is 8.66. The van der Waals surface area contributed by atoms with E-state index in [2.05, 4.69) is 47.6 Å². The van der Waals surface area contributed by atoms with E-state index in [1.54, 1.807) is 0 Å². The first-order chi connectivity index (χ1) is 9.34. The van der Waals surface area contributed by atoms with Crippen molar-refractivity contribution in [3.63, 3.8) is 0 Å². The Bertz CT molecular complexity index is 303. The lowest BCUT2D eigenvalue weighted by atomic mass is 10.2. The van der Waals surface area contributed by atoms with Gasteiger partial charge in [-0.1, -0.05) is 31.0 Å². The summed E-state index contributed by atoms with van der Waals surface area (Å²) in [4.78, 5) is 2.29. The van der Waals surface area contributed by atoms with Crippen molar-refractivity contribution in [2.24, 2.45) is 0 Å². The molecule has 0 aliphatic carbocycles. The Morgan fingerprint density at radius 3 is 2.37 bits per heavy atom. The van der Waals surface area contributed by atoms with Crippen LogP contribution in [0.4, 0.5) is 5.69 Å².